The van der Waals surface area contributed by atoms with Crippen LogP contribution < -0.4 is 4.72 Å². The molecule has 1 aromatic rings. The molecule has 1 rings (SSSR count). The highest BCUT2D eigenvalue weighted by molar-refractivity contribution is 7.89. The van der Waals surface area contributed by atoms with E-state index in [0.717, 1.165) is 5.56 Å². The molecule has 2 atom stereocenters. The first kappa shape index (κ1) is 17.6. The molecule has 7 heteroatoms. The fraction of sp³-hybridized carbons (Fsp3) is 0.500. The standard InChI is InChI=1S/C14H21NO5S/c1-10(9-16)11(2)15-21(19,20)13-6-3-12(4-7-13)5-8-14(17)18/h3-4,6-7,10-11,15-16H,5,8-9H2,1-2H3,(H,17,18). The van der Waals surface area contributed by atoms with Gasteiger partial charge in [-0.1, -0.05) is 19.1 Å². The normalized spacial score (nSPS) is 14.6. The van der Waals surface area contributed by atoms with E-state index in [2.05, 4.69) is 4.72 Å². The number of nitrogens with one attached hydrogen (secondary N) is 1. The Bertz CT molecular complexity index is 568. The summed E-state index contributed by atoms with van der Waals surface area (Å²) in [6.07, 6.45) is 0.371. The van der Waals surface area contributed by atoms with E-state index >= 15 is 0 Å². The zero-order valence-corrected chi connectivity index (χ0v) is 12.9. The minimum atomic E-state index is -3.64. The number of aliphatic hydroxyl groups is 1. The smallest absolute Gasteiger partial charge is 0.303 e. The van der Waals surface area contributed by atoms with Crippen LogP contribution >= 0.6 is 0 Å². The van der Waals surface area contributed by atoms with Gasteiger partial charge in [0.25, 0.3) is 0 Å². The second-order valence-electron chi connectivity index (χ2n) is 5.11. The first-order chi connectivity index (χ1) is 9.76. The third-order valence-electron chi connectivity index (χ3n) is 3.34. The summed E-state index contributed by atoms with van der Waals surface area (Å²) in [5, 5.41) is 17.6. The van der Waals surface area contributed by atoms with Crippen LogP contribution in [0.4, 0.5) is 0 Å². The van der Waals surface area contributed by atoms with Crippen molar-refractivity contribution in [3.8, 4) is 0 Å². The fourth-order valence-electron chi connectivity index (χ4n) is 1.67. The Morgan fingerprint density at radius 3 is 2.29 bits per heavy atom. The monoisotopic (exact) mass is 315 g/mol. The molecule has 0 saturated carbocycles. The number of carbonyl (C=O) groups is 1. The number of carboxylic acid groups (broad SMARTS) is 1. The van der Waals surface area contributed by atoms with Gasteiger partial charge in [0.1, 0.15) is 0 Å². The van der Waals surface area contributed by atoms with Gasteiger partial charge in [0.2, 0.25) is 10.0 Å². The van der Waals surface area contributed by atoms with E-state index in [-0.39, 0.29) is 29.9 Å². The van der Waals surface area contributed by atoms with Crippen molar-refractivity contribution < 1.29 is 23.4 Å². The predicted molar refractivity (Wildman–Crippen MR) is 78.4 cm³/mol. The molecular formula is C14H21NO5S. The van der Waals surface area contributed by atoms with Gasteiger partial charge in [-0.25, -0.2) is 13.1 Å². The van der Waals surface area contributed by atoms with E-state index in [1.165, 1.54) is 12.1 Å². The molecule has 21 heavy (non-hydrogen) atoms. The summed E-state index contributed by atoms with van der Waals surface area (Å²) in [7, 11) is -3.64. The number of hydrogen-bond acceptors (Lipinski definition) is 4. The number of aliphatic carboxylic acids is 1. The second kappa shape index (κ2) is 7.53. The van der Waals surface area contributed by atoms with Crippen molar-refractivity contribution in [1.82, 2.24) is 4.72 Å². The third kappa shape index (κ3) is 5.45. The van der Waals surface area contributed by atoms with Crippen LogP contribution in [0, 0.1) is 5.92 Å². The summed E-state index contributed by atoms with van der Waals surface area (Å²) in [5.41, 5.74) is 0.771. The van der Waals surface area contributed by atoms with Gasteiger partial charge in [0.15, 0.2) is 0 Å². The molecule has 0 aliphatic heterocycles. The van der Waals surface area contributed by atoms with Gasteiger partial charge >= 0.3 is 5.97 Å². The third-order valence-corrected chi connectivity index (χ3v) is 4.92. The quantitative estimate of drug-likeness (QED) is 0.664. The molecule has 0 fully saturated rings. The van der Waals surface area contributed by atoms with Crippen molar-refractivity contribution >= 4 is 16.0 Å². The maximum Gasteiger partial charge on any atom is 0.303 e. The van der Waals surface area contributed by atoms with Gasteiger partial charge in [-0.3, -0.25) is 4.79 Å². The van der Waals surface area contributed by atoms with Crippen LogP contribution in [0.3, 0.4) is 0 Å². The van der Waals surface area contributed by atoms with Crippen LogP contribution in [0.25, 0.3) is 0 Å². The van der Waals surface area contributed by atoms with Crippen LogP contribution in [0.5, 0.6) is 0 Å². The Balaban J connectivity index is 2.78. The number of aliphatic hydroxyl groups excluding tert-OH is 1. The van der Waals surface area contributed by atoms with Crippen molar-refractivity contribution in [3.63, 3.8) is 0 Å². The van der Waals surface area contributed by atoms with E-state index in [4.69, 9.17) is 10.2 Å². The van der Waals surface area contributed by atoms with Crippen LogP contribution in [-0.4, -0.2) is 37.2 Å². The molecule has 2 unspecified atom stereocenters. The van der Waals surface area contributed by atoms with Crippen LogP contribution in [0.2, 0.25) is 0 Å². The lowest BCUT2D eigenvalue weighted by molar-refractivity contribution is -0.136. The molecule has 0 heterocycles. The topological polar surface area (TPSA) is 104 Å². The molecule has 0 amide bonds. The minimum absolute atomic E-state index is 0.00932. The van der Waals surface area contributed by atoms with Gasteiger partial charge in [0.05, 0.1) is 4.90 Å². The zero-order chi connectivity index (χ0) is 16.0. The first-order valence-electron chi connectivity index (χ1n) is 6.70. The summed E-state index contributed by atoms with van der Waals surface area (Å²) in [6.45, 7) is 3.35. The van der Waals surface area contributed by atoms with Gasteiger partial charge in [-0.2, -0.15) is 0 Å². The maximum absolute atomic E-state index is 12.2. The minimum Gasteiger partial charge on any atom is -0.481 e. The first-order valence-corrected chi connectivity index (χ1v) is 8.18. The zero-order valence-electron chi connectivity index (χ0n) is 12.1. The average molecular weight is 315 g/mol. The predicted octanol–water partition coefficient (Wildman–Crippen LogP) is 0.999. The van der Waals surface area contributed by atoms with Crippen molar-refractivity contribution in [2.24, 2.45) is 5.92 Å². The number of rotatable bonds is 8. The van der Waals surface area contributed by atoms with Crippen molar-refractivity contribution in [2.75, 3.05) is 6.61 Å². The number of sulfonamides is 1. The number of carboxylic acids is 1. The molecule has 0 aliphatic rings. The molecule has 0 aliphatic carbocycles. The summed E-state index contributed by atoms with van der Waals surface area (Å²) < 4.78 is 26.8. The second-order valence-corrected chi connectivity index (χ2v) is 6.82. The van der Waals surface area contributed by atoms with Crippen LogP contribution in [-0.2, 0) is 21.2 Å². The van der Waals surface area contributed by atoms with E-state index < -0.39 is 16.0 Å². The van der Waals surface area contributed by atoms with Crippen LogP contribution in [0.1, 0.15) is 25.8 Å². The molecule has 6 nitrogen and oxygen atoms in total. The largest absolute Gasteiger partial charge is 0.481 e. The molecule has 0 radical (unpaired) electrons. The Hall–Kier alpha value is -1.44. The molecule has 3 N–H and O–H groups in total. The van der Waals surface area contributed by atoms with Gasteiger partial charge in [-0.05, 0) is 37.0 Å². The Morgan fingerprint density at radius 1 is 1.24 bits per heavy atom. The summed E-state index contributed by atoms with van der Waals surface area (Å²) in [5.74, 6) is -1.07. The van der Waals surface area contributed by atoms with E-state index in [9.17, 15) is 13.2 Å². The van der Waals surface area contributed by atoms with Gasteiger partial charge in [0, 0.05) is 19.1 Å². The molecule has 0 saturated heterocycles. The lowest BCUT2D eigenvalue weighted by atomic mass is 10.1. The fourth-order valence-corrected chi connectivity index (χ4v) is 3.03. The van der Waals surface area contributed by atoms with Crippen molar-refractivity contribution in [2.45, 2.75) is 37.6 Å². The van der Waals surface area contributed by atoms with Gasteiger partial charge < -0.3 is 10.2 Å². The molecular weight excluding hydrogens is 294 g/mol. The van der Waals surface area contributed by atoms with E-state index in [0.29, 0.717) is 6.42 Å². The number of aryl methyl sites for hydroxylation is 1. The van der Waals surface area contributed by atoms with Crippen molar-refractivity contribution in [1.29, 1.82) is 0 Å². The Morgan fingerprint density at radius 2 is 1.81 bits per heavy atom. The molecule has 0 bridgehead atoms. The van der Waals surface area contributed by atoms with Crippen molar-refractivity contribution in [3.05, 3.63) is 29.8 Å². The Labute approximate surface area is 124 Å². The average Bonchev–Trinajstić information content (AvgIpc) is 2.44. The molecule has 0 spiro atoms. The lowest BCUT2D eigenvalue weighted by Crippen LogP contribution is -2.38. The molecule has 1 aromatic carbocycles. The highest BCUT2D eigenvalue weighted by atomic mass is 32.2. The summed E-state index contributed by atoms with van der Waals surface area (Å²) >= 11 is 0. The maximum atomic E-state index is 12.2. The highest BCUT2D eigenvalue weighted by Gasteiger charge is 2.20. The Kier molecular flexibility index (Phi) is 6.32. The van der Waals surface area contributed by atoms with Gasteiger partial charge in [-0.15, -0.1) is 0 Å². The summed E-state index contributed by atoms with van der Waals surface area (Å²) in [4.78, 5) is 10.6. The number of benzene rings is 1. The van der Waals surface area contributed by atoms with Crippen LogP contribution in [0.15, 0.2) is 29.2 Å². The molecule has 118 valence electrons. The highest BCUT2D eigenvalue weighted by Crippen LogP contribution is 2.14. The SMILES string of the molecule is CC(CO)C(C)NS(=O)(=O)c1ccc(CCC(=O)O)cc1. The lowest BCUT2D eigenvalue weighted by Gasteiger charge is -2.19. The summed E-state index contributed by atoms with van der Waals surface area (Å²) in [6, 6.07) is 5.74. The van der Waals surface area contributed by atoms with E-state index in [1.807, 2.05) is 0 Å². The van der Waals surface area contributed by atoms with E-state index in [1.54, 1.807) is 26.0 Å². The number of hydrogen-bond donors (Lipinski definition) is 3. The molecule has 0 aromatic heterocycles.